The molecule has 4 nitrogen and oxygen atoms in total. The number of aromatic amines is 1. The van der Waals surface area contributed by atoms with E-state index in [0.29, 0.717) is 5.69 Å². The van der Waals surface area contributed by atoms with Crippen LogP contribution in [0.25, 0.3) is 0 Å². The summed E-state index contributed by atoms with van der Waals surface area (Å²) in [4.78, 5) is 15.3. The van der Waals surface area contributed by atoms with Gasteiger partial charge in [0.1, 0.15) is 5.69 Å². The minimum absolute atomic E-state index is 0.0628. The SMILES string of the molecule is Cc1cc(C)c(C(=O)NC2CCCC2(C)CO)[nH]1. The van der Waals surface area contributed by atoms with Crippen LogP contribution in [0.4, 0.5) is 0 Å². The van der Waals surface area contributed by atoms with Crippen LogP contribution >= 0.6 is 0 Å². The summed E-state index contributed by atoms with van der Waals surface area (Å²) in [6.45, 7) is 6.04. The number of amides is 1. The summed E-state index contributed by atoms with van der Waals surface area (Å²) in [5.74, 6) is -0.0628. The Balaban J connectivity index is 2.10. The van der Waals surface area contributed by atoms with Crippen LogP contribution in [0, 0.1) is 19.3 Å². The van der Waals surface area contributed by atoms with Crippen molar-refractivity contribution in [2.24, 2.45) is 5.41 Å². The number of aliphatic hydroxyl groups is 1. The molecule has 0 aliphatic heterocycles. The zero-order valence-electron chi connectivity index (χ0n) is 11.3. The first kappa shape index (κ1) is 13.1. The smallest absolute Gasteiger partial charge is 0.268 e. The first-order chi connectivity index (χ1) is 8.46. The predicted octanol–water partition coefficient (Wildman–Crippen LogP) is 1.91. The first-order valence-corrected chi connectivity index (χ1v) is 6.54. The molecule has 1 aromatic rings. The van der Waals surface area contributed by atoms with Crippen LogP contribution in [0.5, 0.6) is 0 Å². The molecule has 1 fully saturated rings. The highest BCUT2D eigenvalue weighted by Gasteiger charge is 2.39. The maximum Gasteiger partial charge on any atom is 0.268 e. The van der Waals surface area contributed by atoms with Gasteiger partial charge in [0.15, 0.2) is 0 Å². The highest BCUT2D eigenvalue weighted by molar-refractivity contribution is 5.94. The Kier molecular flexibility index (Phi) is 3.48. The highest BCUT2D eigenvalue weighted by Crippen LogP contribution is 2.37. The number of rotatable bonds is 3. The Morgan fingerprint density at radius 1 is 1.61 bits per heavy atom. The number of hydrogen-bond donors (Lipinski definition) is 3. The molecule has 4 heteroatoms. The number of H-pyrrole nitrogens is 1. The Hall–Kier alpha value is -1.29. The topological polar surface area (TPSA) is 65.1 Å². The van der Waals surface area contributed by atoms with Gasteiger partial charge in [-0.2, -0.15) is 0 Å². The summed E-state index contributed by atoms with van der Waals surface area (Å²) < 4.78 is 0. The minimum Gasteiger partial charge on any atom is -0.396 e. The van der Waals surface area contributed by atoms with E-state index >= 15 is 0 Å². The third-order valence-corrected chi connectivity index (χ3v) is 4.13. The highest BCUT2D eigenvalue weighted by atomic mass is 16.3. The first-order valence-electron chi connectivity index (χ1n) is 6.54. The Labute approximate surface area is 108 Å². The lowest BCUT2D eigenvalue weighted by Gasteiger charge is -2.30. The van der Waals surface area contributed by atoms with Crippen molar-refractivity contribution in [1.82, 2.24) is 10.3 Å². The van der Waals surface area contributed by atoms with Gasteiger partial charge in [-0.25, -0.2) is 0 Å². The zero-order valence-corrected chi connectivity index (χ0v) is 11.3. The molecular formula is C14H22N2O2. The summed E-state index contributed by atoms with van der Waals surface area (Å²) in [7, 11) is 0. The van der Waals surface area contributed by atoms with Gasteiger partial charge in [0.25, 0.3) is 5.91 Å². The van der Waals surface area contributed by atoms with Gasteiger partial charge in [0.05, 0.1) is 6.61 Å². The van der Waals surface area contributed by atoms with Crippen LogP contribution in [0.1, 0.15) is 47.9 Å². The van der Waals surface area contributed by atoms with E-state index in [2.05, 4.69) is 10.3 Å². The van der Waals surface area contributed by atoms with Crippen molar-refractivity contribution in [3.63, 3.8) is 0 Å². The maximum absolute atomic E-state index is 12.2. The van der Waals surface area contributed by atoms with Crippen molar-refractivity contribution >= 4 is 5.91 Å². The van der Waals surface area contributed by atoms with Crippen molar-refractivity contribution in [1.29, 1.82) is 0 Å². The lowest BCUT2D eigenvalue weighted by atomic mass is 9.86. The molecule has 2 rings (SSSR count). The molecule has 1 aliphatic carbocycles. The number of hydrogen-bond acceptors (Lipinski definition) is 2. The Morgan fingerprint density at radius 3 is 2.89 bits per heavy atom. The van der Waals surface area contributed by atoms with Crippen molar-refractivity contribution in [3.8, 4) is 0 Å². The standard InChI is InChI=1S/C14H22N2O2/c1-9-7-10(2)15-12(9)13(18)16-11-5-4-6-14(11,3)8-17/h7,11,15,17H,4-6,8H2,1-3H3,(H,16,18). The molecule has 1 aromatic heterocycles. The van der Waals surface area contributed by atoms with E-state index in [1.807, 2.05) is 26.8 Å². The quantitative estimate of drug-likeness (QED) is 0.767. The monoisotopic (exact) mass is 250 g/mol. The van der Waals surface area contributed by atoms with Gasteiger partial charge in [-0.15, -0.1) is 0 Å². The average Bonchev–Trinajstić information content (AvgIpc) is 2.84. The summed E-state index contributed by atoms with van der Waals surface area (Å²) >= 11 is 0. The fourth-order valence-corrected chi connectivity index (χ4v) is 2.86. The average molecular weight is 250 g/mol. The normalized spacial score (nSPS) is 27.4. The molecule has 1 saturated carbocycles. The van der Waals surface area contributed by atoms with E-state index in [4.69, 9.17) is 0 Å². The van der Waals surface area contributed by atoms with Crippen molar-refractivity contribution in [2.45, 2.75) is 46.1 Å². The number of aromatic nitrogens is 1. The van der Waals surface area contributed by atoms with E-state index in [1.54, 1.807) is 0 Å². The third kappa shape index (κ3) is 2.29. The molecule has 18 heavy (non-hydrogen) atoms. The van der Waals surface area contributed by atoms with E-state index in [-0.39, 0.29) is 24.0 Å². The number of carbonyl (C=O) groups excluding carboxylic acids is 1. The Morgan fingerprint density at radius 2 is 2.33 bits per heavy atom. The molecule has 0 aromatic carbocycles. The third-order valence-electron chi connectivity index (χ3n) is 4.13. The van der Waals surface area contributed by atoms with E-state index in [1.165, 1.54) is 0 Å². The molecule has 1 heterocycles. The van der Waals surface area contributed by atoms with E-state index < -0.39 is 0 Å². The molecule has 1 amide bonds. The van der Waals surface area contributed by atoms with Crippen molar-refractivity contribution in [2.75, 3.05) is 6.61 Å². The summed E-state index contributed by atoms with van der Waals surface area (Å²) in [5.41, 5.74) is 2.42. The molecule has 0 bridgehead atoms. The van der Waals surface area contributed by atoms with Crippen LogP contribution in [-0.2, 0) is 0 Å². The van der Waals surface area contributed by atoms with Gasteiger partial charge < -0.3 is 15.4 Å². The van der Waals surface area contributed by atoms with Crippen molar-refractivity contribution in [3.05, 3.63) is 23.0 Å². The minimum atomic E-state index is -0.175. The number of nitrogens with one attached hydrogen (secondary N) is 2. The molecule has 2 unspecified atom stereocenters. The van der Waals surface area contributed by atoms with Gasteiger partial charge in [0.2, 0.25) is 0 Å². The van der Waals surface area contributed by atoms with Crippen LogP contribution < -0.4 is 5.32 Å². The summed E-state index contributed by atoms with van der Waals surface area (Å²) in [6, 6.07) is 2.03. The fourth-order valence-electron chi connectivity index (χ4n) is 2.86. The van der Waals surface area contributed by atoms with Gasteiger partial charge in [-0.3, -0.25) is 4.79 Å². The molecule has 2 atom stereocenters. The van der Waals surface area contributed by atoms with Gasteiger partial charge in [-0.05, 0) is 38.3 Å². The fraction of sp³-hybridized carbons (Fsp3) is 0.643. The summed E-state index contributed by atoms with van der Waals surface area (Å²) in [5, 5.41) is 12.5. The molecular weight excluding hydrogens is 228 g/mol. The molecule has 0 radical (unpaired) electrons. The molecule has 0 saturated heterocycles. The molecule has 1 aliphatic rings. The van der Waals surface area contributed by atoms with Gasteiger partial charge in [0, 0.05) is 17.2 Å². The maximum atomic E-state index is 12.2. The van der Waals surface area contributed by atoms with Crippen LogP contribution in [-0.4, -0.2) is 28.6 Å². The second-order valence-corrected chi connectivity index (χ2v) is 5.74. The van der Waals surface area contributed by atoms with Crippen LogP contribution in [0.15, 0.2) is 6.07 Å². The van der Waals surface area contributed by atoms with Gasteiger partial charge >= 0.3 is 0 Å². The van der Waals surface area contributed by atoms with E-state index in [9.17, 15) is 9.90 Å². The number of aliphatic hydroxyl groups excluding tert-OH is 1. The lowest BCUT2D eigenvalue weighted by Crippen LogP contribution is -2.45. The lowest BCUT2D eigenvalue weighted by molar-refractivity contribution is 0.0826. The van der Waals surface area contributed by atoms with E-state index in [0.717, 1.165) is 30.5 Å². The molecule has 3 N–H and O–H groups in total. The Bertz CT molecular complexity index is 453. The number of aryl methyl sites for hydroxylation is 2. The largest absolute Gasteiger partial charge is 0.396 e. The number of carbonyl (C=O) groups is 1. The summed E-state index contributed by atoms with van der Waals surface area (Å²) in [6.07, 6.45) is 2.98. The van der Waals surface area contributed by atoms with Gasteiger partial charge in [-0.1, -0.05) is 13.3 Å². The van der Waals surface area contributed by atoms with Crippen LogP contribution in [0.3, 0.4) is 0 Å². The zero-order chi connectivity index (χ0) is 13.3. The molecule has 0 spiro atoms. The molecule has 100 valence electrons. The predicted molar refractivity (Wildman–Crippen MR) is 70.6 cm³/mol. The second-order valence-electron chi connectivity index (χ2n) is 5.74. The van der Waals surface area contributed by atoms with Crippen molar-refractivity contribution < 1.29 is 9.90 Å². The second kappa shape index (κ2) is 4.76. The van der Waals surface area contributed by atoms with Crippen LogP contribution in [0.2, 0.25) is 0 Å².